The zero-order valence-corrected chi connectivity index (χ0v) is 9.87. The molecule has 0 saturated heterocycles. The third kappa shape index (κ3) is 2.52. The van der Waals surface area contributed by atoms with Crippen molar-refractivity contribution in [2.75, 3.05) is 6.54 Å². The molecule has 2 rings (SSSR count). The molecule has 0 aromatic carbocycles. The van der Waals surface area contributed by atoms with Crippen molar-refractivity contribution in [3.8, 4) is 0 Å². The zero-order chi connectivity index (χ0) is 10.8. The smallest absolute Gasteiger partial charge is 0.144 e. The Morgan fingerprint density at radius 3 is 2.93 bits per heavy atom. The molecule has 0 amide bonds. The normalized spacial score (nSPS) is 17.8. The van der Waals surface area contributed by atoms with E-state index in [1.165, 1.54) is 0 Å². The molecule has 0 bridgehead atoms. The molecule has 1 atom stereocenters. The molecule has 82 valence electrons. The number of halogens is 2. The highest BCUT2D eigenvalue weighted by molar-refractivity contribution is 9.10. The first-order valence-electron chi connectivity index (χ1n) is 5.09. The molecule has 1 saturated carbocycles. The van der Waals surface area contributed by atoms with Gasteiger partial charge in [-0.15, -0.1) is 0 Å². The molecule has 0 aliphatic heterocycles. The predicted octanol–water partition coefficient (Wildman–Crippen LogP) is 2.48. The summed E-state index contributed by atoms with van der Waals surface area (Å²) in [5.41, 5.74) is 5.77. The molecule has 1 aromatic rings. The van der Waals surface area contributed by atoms with Gasteiger partial charge in [-0.25, -0.2) is 14.4 Å². The van der Waals surface area contributed by atoms with E-state index in [2.05, 4.69) is 25.9 Å². The van der Waals surface area contributed by atoms with Crippen molar-refractivity contribution >= 4 is 15.9 Å². The van der Waals surface area contributed by atoms with Gasteiger partial charge in [-0.2, -0.15) is 0 Å². The molecule has 15 heavy (non-hydrogen) atoms. The molecule has 3 nitrogen and oxygen atoms in total. The largest absolute Gasteiger partial charge is 0.330 e. The average Bonchev–Trinajstić information content (AvgIpc) is 3.02. The minimum Gasteiger partial charge on any atom is -0.330 e. The Morgan fingerprint density at radius 1 is 1.60 bits per heavy atom. The van der Waals surface area contributed by atoms with Crippen LogP contribution in [0.1, 0.15) is 42.9 Å². The van der Waals surface area contributed by atoms with Gasteiger partial charge in [0.25, 0.3) is 0 Å². The Bertz CT molecular complexity index is 355. The highest BCUT2D eigenvalue weighted by atomic mass is 79.9. The van der Waals surface area contributed by atoms with Crippen molar-refractivity contribution in [1.82, 2.24) is 9.97 Å². The fraction of sp³-hybridized carbons (Fsp3) is 0.600. The lowest BCUT2D eigenvalue weighted by Gasteiger charge is -2.09. The van der Waals surface area contributed by atoms with Gasteiger partial charge in [-0.1, -0.05) is 0 Å². The summed E-state index contributed by atoms with van der Waals surface area (Å²) in [6.07, 6.45) is 3.09. The summed E-state index contributed by atoms with van der Waals surface area (Å²) in [5.74, 6) is 1.22. The number of rotatable bonds is 4. The SMILES string of the molecule is NCCC(F)c1nc(C2CC2)ncc1Br. The first-order valence-corrected chi connectivity index (χ1v) is 5.88. The van der Waals surface area contributed by atoms with Gasteiger partial charge < -0.3 is 5.73 Å². The lowest BCUT2D eigenvalue weighted by atomic mass is 10.2. The Morgan fingerprint density at radius 2 is 2.33 bits per heavy atom. The van der Waals surface area contributed by atoms with Crippen LogP contribution in [0.3, 0.4) is 0 Å². The van der Waals surface area contributed by atoms with Gasteiger partial charge in [0.05, 0.1) is 10.2 Å². The molecule has 0 spiro atoms. The van der Waals surface area contributed by atoms with Crippen molar-refractivity contribution in [1.29, 1.82) is 0 Å². The minimum absolute atomic E-state index is 0.305. The van der Waals surface area contributed by atoms with Crippen LogP contribution < -0.4 is 5.73 Å². The van der Waals surface area contributed by atoms with Crippen LogP contribution in [0.2, 0.25) is 0 Å². The summed E-state index contributed by atoms with van der Waals surface area (Å²) in [5, 5.41) is 0. The molecule has 1 aliphatic rings. The topological polar surface area (TPSA) is 51.8 Å². The quantitative estimate of drug-likeness (QED) is 0.917. The lowest BCUT2D eigenvalue weighted by molar-refractivity contribution is 0.317. The van der Waals surface area contributed by atoms with Crippen molar-refractivity contribution in [3.63, 3.8) is 0 Å². The van der Waals surface area contributed by atoms with Gasteiger partial charge >= 0.3 is 0 Å². The second-order valence-electron chi connectivity index (χ2n) is 3.78. The number of aromatic nitrogens is 2. The van der Waals surface area contributed by atoms with E-state index in [0.717, 1.165) is 18.7 Å². The minimum atomic E-state index is -1.09. The number of hydrogen-bond donors (Lipinski definition) is 1. The van der Waals surface area contributed by atoms with Crippen molar-refractivity contribution in [2.45, 2.75) is 31.4 Å². The number of alkyl halides is 1. The molecular weight excluding hydrogens is 261 g/mol. The fourth-order valence-corrected chi connectivity index (χ4v) is 1.87. The van der Waals surface area contributed by atoms with Crippen molar-refractivity contribution in [2.24, 2.45) is 5.73 Å². The van der Waals surface area contributed by atoms with E-state index < -0.39 is 6.17 Å². The highest BCUT2D eigenvalue weighted by Crippen LogP contribution is 2.39. The predicted molar refractivity (Wildman–Crippen MR) is 59.2 cm³/mol. The second kappa shape index (κ2) is 4.53. The van der Waals surface area contributed by atoms with Crippen molar-refractivity contribution in [3.05, 3.63) is 22.2 Å². The maximum atomic E-state index is 13.7. The Labute approximate surface area is 96.4 Å². The maximum absolute atomic E-state index is 13.7. The van der Waals surface area contributed by atoms with E-state index in [1.54, 1.807) is 6.20 Å². The molecule has 1 unspecified atom stereocenters. The average molecular weight is 274 g/mol. The monoisotopic (exact) mass is 273 g/mol. The molecule has 2 N–H and O–H groups in total. The number of hydrogen-bond acceptors (Lipinski definition) is 3. The van der Waals surface area contributed by atoms with E-state index in [9.17, 15) is 4.39 Å². The summed E-state index contributed by atoms with van der Waals surface area (Å²) in [7, 11) is 0. The third-order valence-electron chi connectivity index (χ3n) is 2.45. The first kappa shape index (κ1) is 11.0. The Kier molecular flexibility index (Phi) is 3.31. The van der Waals surface area contributed by atoms with Gasteiger partial charge in [0.1, 0.15) is 12.0 Å². The molecule has 1 fully saturated rings. The summed E-state index contributed by atoms with van der Waals surface area (Å²) < 4.78 is 14.3. The summed E-state index contributed by atoms with van der Waals surface area (Å²) in [6.45, 7) is 0.330. The van der Waals surface area contributed by atoms with E-state index in [1.807, 2.05) is 0 Å². The first-order chi connectivity index (χ1) is 7.22. The summed E-state index contributed by atoms with van der Waals surface area (Å²) >= 11 is 3.26. The van der Waals surface area contributed by atoms with E-state index in [4.69, 9.17) is 5.73 Å². The highest BCUT2D eigenvalue weighted by Gasteiger charge is 2.28. The number of nitrogens with zero attached hydrogens (tertiary/aromatic N) is 2. The van der Waals surface area contributed by atoms with E-state index in [-0.39, 0.29) is 0 Å². The molecule has 5 heteroatoms. The van der Waals surface area contributed by atoms with Crippen LogP contribution in [-0.4, -0.2) is 16.5 Å². The third-order valence-corrected chi connectivity index (χ3v) is 3.06. The van der Waals surface area contributed by atoms with E-state index >= 15 is 0 Å². The van der Waals surface area contributed by atoms with Crippen LogP contribution in [0.5, 0.6) is 0 Å². The van der Waals surface area contributed by atoms with Gasteiger partial charge in [0.2, 0.25) is 0 Å². The molecule has 1 heterocycles. The standard InChI is InChI=1S/C10H13BrFN3/c11-7-5-14-10(6-1-2-6)15-9(7)8(12)3-4-13/h5-6,8H,1-4,13H2. The van der Waals surface area contributed by atoms with Gasteiger partial charge in [0, 0.05) is 12.1 Å². The summed E-state index contributed by atoms with van der Waals surface area (Å²) in [6, 6.07) is 0. The number of nitrogens with two attached hydrogens (primary N) is 1. The molecule has 0 radical (unpaired) electrons. The zero-order valence-electron chi connectivity index (χ0n) is 8.29. The van der Waals surface area contributed by atoms with Crippen molar-refractivity contribution < 1.29 is 4.39 Å². The lowest BCUT2D eigenvalue weighted by Crippen LogP contribution is -2.07. The Hall–Kier alpha value is -0.550. The van der Waals surface area contributed by atoms with Gasteiger partial charge in [-0.3, -0.25) is 0 Å². The molecule has 1 aromatic heterocycles. The van der Waals surface area contributed by atoms with Crippen LogP contribution in [0.15, 0.2) is 10.7 Å². The van der Waals surface area contributed by atoms with Crippen LogP contribution in [0.4, 0.5) is 4.39 Å². The van der Waals surface area contributed by atoms with Crippen LogP contribution in [0.25, 0.3) is 0 Å². The van der Waals surface area contributed by atoms with Crippen LogP contribution in [-0.2, 0) is 0 Å². The van der Waals surface area contributed by atoms with Gasteiger partial charge in [0.15, 0.2) is 0 Å². The van der Waals surface area contributed by atoms with Crippen LogP contribution in [0, 0.1) is 0 Å². The fourth-order valence-electron chi connectivity index (χ4n) is 1.44. The maximum Gasteiger partial charge on any atom is 0.144 e. The van der Waals surface area contributed by atoms with E-state index in [0.29, 0.717) is 29.1 Å². The van der Waals surface area contributed by atoms with Gasteiger partial charge in [-0.05, 0) is 41.7 Å². The second-order valence-corrected chi connectivity index (χ2v) is 4.63. The molecular formula is C10H13BrFN3. The molecule has 1 aliphatic carbocycles. The van der Waals surface area contributed by atoms with Crippen LogP contribution >= 0.6 is 15.9 Å². The summed E-state index contributed by atoms with van der Waals surface area (Å²) in [4.78, 5) is 8.45. The Balaban J connectivity index is 2.23.